The second-order valence-electron chi connectivity index (χ2n) is 7.06. The van der Waals surface area contributed by atoms with Crippen LogP contribution in [-0.4, -0.2) is 36.5 Å². The van der Waals surface area contributed by atoms with Gasteiger partial charge < -0.3 is 19.4 Å². The maximum Gasteiger partial charge on any atom is 0.338 e. The minimum absolute atomic E-state index is 0.0321. The molecule has 29 heavy (non-hydrogen) atoms. The largest absolute Gasteiger partial charge is 0.467 e. The van der Waals surface area contributed by atoms with Crippen LogP contribution in [0.4, 0.5) is 11.4 Å². The van der Waals surface area contributed by atoms with Gasteiger partial charge in [0, 0.05) is 19.2 Å². The van der Waals surface area contributed by atoms with Crippen LogP contribution in [0.3, 0.4) is 0 Å². The molecule has 1 fully saturated rings. The SMILES string of the molecule is CC1CCN(c2ccc(C(=O)OCC(=O)NCc3ccco3)cc2[N+](=O)[O-])CC1. The number of anilines is 1. The average Bonchev–Trinajstić information content (AvgIpc) is 3.24. The summed E-state index contributed by atoms with van der Waals surface area (Å²) in [4.78, 5) is 37.0. The Bertz CT molecular complexity index is 872. The Morgan fingerprint density at radius 2 is 2.07 bits per heavy atom. The third kappa shape index (κ3) is 5.34. The van der Waals surface area contributed by atoms with Crippen molar-refractivity contribution in [3.63, 3.8) is 0 Å². The number of amides is 1. The van der Waals surface area contributed by atoms with E-state index < -0.39 is 23.4 Å². The lowest BCUT2D eigenvalue weighted by Gasteiger charge is -2.31. The quantitative estimate of drug-likeness (QED) is 0.431. The summed E-state index contributed by atoms with van der Waals surface area (Å²) >= 11 is 0. The van der Waals surface area contributed by atoms with E-state index in [0.29, 0.717) is 17.4 Å². The summed E-state index contributed by atoms with van der Waals surface area (Å²) in [6.45, 7) is 3.33. The molecule has 0 bridgehead atoms. The Morgan fingerprint density at radius 1 is 1.31 bits per heavy atom. The van der Waals surface area contributed by atoms with Crippen molar-refractivity contribution in [2.75, 3.05) is 24.6 Å². The van der Waals surface area contributed by atoms with Gasteiger partial charge in [-0.1, -0.05) is 6.92 Å². The van der Waals surface area contributed by atoms with Gasteiger partial charge >= 0.3 is 5.97 Å². The number of ether oxygens (including phenoxy) is 1. The van der Waals surface area contributed by atoms with Crippen molar-refractivity contribution in [1.82, 2.24) is 5.32 Å². The normalized spacial score (nSPS) is 14.4. The van der Waals surface area contributed by atoms with Gasteiger partial charge in [0.1, 0.15) is 11.4 Å². The van der Waals surface area contributed by atoms with Crippen molar-refractivity contribution in [1.29, 1.82) is 0 Å². The van der Waals surface area contributed by atoms with Crippen molar-refractivity contribution in [2.45, 2.75) is 26.3 Å². The van der Waals surface area contributed by atoms with Gasteiger partial charge in [0.2, 0.25) is 0 Å². The number of benzene rings is 1. The number of esters is 1. The molecular weight excluding hydrogens is 378 g/mol. The number of nitro groups is 1. The Morgan fingerprint density at radius 3 is 2.72 bits per heavy atom. The molecule has 1 aliphatic rings. The van der Waals surface area contributed by atoms with Crippen LogP contribution < -0.4 is 10.2 Å². The fourth-order valence-electron chi connectivity index (χ4n) is 3.18. The van der Waals surface area contributed by atoms with Gasteiger partial charge in [0.25, 0.3) is 11.6 Å². The number of hydrogen-bond donors (Lipinski definition) is 1. The molecule has 1 amide bonds. The smallest absolute Gasteiger partial charge is 0.338 e. The molecule has 0 atom stereocenters. The fraction of sp³-hybridized carbons (Fsp3) is 0.400. The van der Waals surface area contributed by atoms with Crippen LogP contribution in [-0.2, 0) is 16.1 Å². The minimum Gasteiger partial charge on any atom is -0.467 e. The Labute approximate surface area is 167 Å². The first-order chi connectivity index (χ1) is 13.9. The molecule has 2 aromatic rings. The van der Waals surface area contributed by atoms with Crippen LogP contribution in [0, 0.1) is 16.0 Å². The standard InChI is InChI=1S/C20H23N3O6/c1-14-6-8-22(9-7-14)17-5-4-15(11-18(17)23(26)27)20(25)29-13-19(24)21-12-16-3-2-10-28-16/h2-5,10-11,14H,6-9,12-13H2,1H3,(H,21,24). The van der Waals surface area contributed by atoms with Gasteiger partial charge in [-0.15, -0.1) is 0 Å². The van der Waals surface area contributed by atoms with Gasteiger partial charge in [0.05, 0.1) is 23.3 Å². The van der Waals surface area contributed by atoms with Gasteiger partial charge in [0.15, 0.2) is 6.61 Å². The molecule has 1 aromatic carbocycles. The molecule has 0 spiro atoms. The number of nitro benzene ring substituents is 1. The summed E-state index contributed by atoms with van der Waals surface area (Å²) in [5.41, 5.74) is 0.385. The van der Waals surface area contributed by atoms with Crippen molar-refractivity contribution < 1.29 is 23.7 Å². The number of nitrogens with zero attached hydrogens (tertiary/aromatic N) is 2. The highest BCUT2D eigenvalue weighted by molar-refractivity contribution is 5.93. The molecule has 0 saturated carbocycles. The third-order valence-corrected chi connectivity index (χ3v) is 4.91. The van der Waals surface area contributed by atoms with E-state index in [1.165, 1.54) is 18.4 Å². The Hall–Kier alpha value is -3.36. The van der Waals surface area contributed by atoms with Crippen LogP contribution in [0.2, 0.25) is 0 Å². The first-order valence-electron chi connectivity index (χ1n) is 9.43. The Balaban J connectivity index is 1.60. The molecule has 9 heteroatoms. The zero-order chi connectivity index (χ0) is 20.8. The molecule has 1 saturated heterocycles. The van der Waals surface area contributed by atoms with E-state index in [1.807, 2.05) is 4.90 Å². The summed E-state index contributed by atoms with van der Waals surface area (Å²) in [5.74, 6) is -0.121. The number of rotatable bonds is 7. The summed E-state index contributed by atoms with van der Waals surface area (Å²) in [6, 6.07) is 7.67. The van der Waals surface area contributed by atoms with Gasteiger partial charge in [-0.2, -0.15) is 0 Å². The Kier molecular flexibility index (Phi) is 6.48. The molecule has 9 nitrogen and oxygen atoms in total. The molecule has 0 aliphatic carbocycles. The highest BCUT2D eigenvalue weighted by Gasteiger charge is 2.25. The van der Waals surface area contributed by atoms with Gasteiger partial charge in [-0.25, -0.2) is 4.79 Å². The van der Waals surface area contributed by atoms with Crippen LogP contribution >= 0.6 is 0 Å². The minimum atomic E-state index is -0.792. The first kappa shape index (κ1) is 20.4. The predicted octanol–water partition coefficient (Wildman–Crippen LogP) is 2.90. The lowest BCUT2D eigenvalue weighted by atomic mass is 9.98. The summed E-state index contributed by atoms with van der Waals surface area (Å²) in [6.07, 6.45) is 3.42. The second-order valence-corrected chi connectivity index (χ2v) is 7.06. The number of carbonyl (C=O) groups excluding carboxylic acids is 2. The zero-order valence-corrected chi connectivity index (χ0v) is 16.1. The van der Waals surface area contributed by atoms with E-state index in [-0.39, 0.29) is 17.8 Å². The summed E-state index contributed by atoms with van der Waals surface area (Å²) in [5, 5.41) is 14.1. The maximum atomic E-state index is 12.2. The van der Waals surface area contributed by atoms with Crippen LogP contribution in [0.15, 0.2) is 41.0 Å². The molecule has 2 heterocycles. The molecular formula is C20H23N3O6. The summed E-state index contributed by atoms with van der Waals surface area (Å²) in [7, 11) is 0. The molecule has 1 N–H and O–H groups in total. The number of carbonyl (C=O) groups is 2. The van der Waals surface area contributed by atoms with Gasteiger partial charge in [-0.3, -0.25) is 14.9 Å². The lowest BCUT2D eigenvalue weighted by Crippen LogP contribution is -2.33. The van der Waals surface area contributed by atoms with E-state index in [9.17, 15) is 19.7 Å². The molecule has 154 valence electrons. The number of nitrogens with one attached hydrogen (secondary N) is 1. The van der Waals surface area contributed by atoms with Crippen LogP contribution in [0.1, 0.15) is 35.9 Å². The van der Waals surface area contributed by atoms with Gasteiger partial charge in [-0.05, 0) is 43.0 Å². The second kappa shape index (κ2) is 9.22. The molecule has 0 unspecified atom stereocenters. The van der Waals surface area contributed by atoms with E-state index in [2.05, 4.69) is 12.2 Å². The van der Waals surface area contributed by atoms with E-state index in [1.54, 1.807) is 18.2 Å². The zero-order valence-electron chi connectivity index (χ0n) is 16.1. The fourth-order valence-corrected chi connectivity index (χ4v) is 3.18. The monoisotopic (exact) mass is 401 g/mol. The molecule has 1 aliphatic heterocycles. The van der Waals surface area contributed by atoms with Crippen molar-refractivity contribution in [3.05, 3.63) is 58.0 Å². The van der Waals surface area contributed by atoms with Crippen molar-refractivity contribution in [3.8, 4) is 0 Å². The van der Waals surface area contributed by atoms with Crippen molar-refractivity contribution in [2.24, 2.45) is 5.92 Å². The molecule has 3 rings (SSSR count). The van der Waals surface area contributed by atoms with Crippen molar-refractivity contribution >= 4 is 23.3 Å². The molecule has 1 aromatic heterocycles. The third-order valence-electron chi connectivity index (χ3n) is 4.91. The first-order valence-corrected chi connectivity index (χ1v) is 9.43. The average molecular weight is 401 g/mol. The number of hydrogen-bond acceptors (Lipinski definition) is 7. The van der Waals surface area contributed by atoms with Crippen LogP contribution in [0.5, 0.6) is 0 Å². The lowest BCUT2D eigenvalue weighted by molar-refractivity contribution is -0.384. The topological polar surface area (TPSA) is 115 Å². The van der Waals surface area contributed by atoms with E-state index in [4.69, 9.17) is 9.15 Å². The summed E-state index contributed by atoms with van der Waals surface area (Å²) < 4.78 is 10.1. The highest BCUT2D eigenvalue weighted by Crippen LogP contribution is 2.32. The molecule has 0 radical (unpaired) electrons. The van der Waals surface area contributed by atoms with Crippen LogP contribution in [0.25, 0.3) is 0 Å². The number of piperidine rings is 1. The highest BCUT2D eigenvalue weighted by atomic mass is 16.6. The number of furan rings is 1. The maximum absolute atomic E-state index is 12.2. The van der Waals surface area contributed by atoms with E-state index in [0.717, 1.165) is 25.9 Å². The van der Waals surface area contributed by atoms with E-state index >= 15 is 0 Å². The predicted molar refractivity (Wildman–Crippen MR) is 105 cm³/mol.